The van der Waals surface area contributed by atoms with Crippen LogP contribution in [-0.2, 0) is 15.8 Å². The van der Waals surface area contributed by atoms with Gasteiger partial charge in [-0.15, -0.1) is 0 Å². The lowest BCUT2D eigenvalue weighted by atomic mass is 10.1. The molecule has 1 aromatic rings. The van der Waals surface area contributed by atoms with E-state index in [0.29, 0.717) is 17.9 Å². The minimum Gasteiger partial charge on any atom is -0.493 e. The van der Waals surface area contributed by atoms with Crippen LogP contribution in [0.1, 0.15) is 12.5 Å². The molecule has 0 aliphatic heterocycles. The first-order valence-electron chi connectivity index (χ1n) is 6.08. The lowest BCUT2D eigenvalue weighted by Gasteiger charge is -2.10. The SMILES string of the molecule is COc1ccc(CC(CNC(C)=O)[P+](=O)O)cc1OC. The number of hydrogen-bond acceptors (Lipinski definition) is 4. The van der Waals surface area contributed by atoms with E-state index in [2.05, 4.69) is 5.32 Å². The second kappa shape index (κ2) is 7.82. The molecule has 6 nitrogen and oxygen atoms in total. The fourth-order valence-electron chi connectivity index (χ4n) is 1.77. The van der Waals surface area contributed by atoms with E-state index < -0.39 is 13.7 Å². The van der Waals surface area contributed by atoms with Gasteiger partial charge in [0.05, 0.1) is 20.8 Å². The van der Waals surface area contributed by atoms with Crippen LogP contribution in [-0.4, -0.2) is 37.2 Å². The summed E-state index contributed by atoms with van der Waals surface area (Å²) in [6.07, 6.45) is 0.367. The molecule has 1 aromatic carbocycles. The third kappa shape index (κ3) is 4.79. The van der Waals surface area contributed by atoms with Crippen LogP contribution in [0.3, 0.4) is 0 Å². The van der Waals surface area contributed by atoms with Gasteiger partial charge in [0.1, 0.15) is 0 Å². The summed E-state index contributed by atoms with van der Waals surface area (Å²) in [4.78, 5) is 20.2. The molecule has 2 unspecified atom stereocenters. The van der Waals surface area contributed by atoms with Crippen molar-refractivity contribution in [3.63, 3.8) is 0 Å². The monoisotopic (exact) mass is 300 g/mol. The van der Waals surface area contributed by atoms with E-state index in [1.165, 1.54) is 14.0 Å². The van der Waals surface area contributed by atoms with Crippen LogP contribution in [0.15, 0.2) is 18.2 Å². The third-order valence-corrected chi connectivity index (χ3v) is 3.81. The van der Waals surface area contributed by atoms with Crippen LogP contribution in [0.4, 0.5) is 0 Å². The zero-order chi connectivity index (χ0) is 15.1. The van der Waals surface area contributed by atoms with E-state index in [1.807, 2.05) is 0 Å². The maximum atomic E-state index is 11.3. The number of hydrogen-bond donors (Lipinski definition) is 2. The molecular formula is C13H19NO5P+. The van der Waals surface area contributed by atoms with Crippen molar-refractivity contribution in [3.8, 4) is 11.5 Å². The molecule has 20 heavy (non-hydrogen) atoms. The second-order valence-electron chi connectivity index (χ2n) is 4.29. The average molecular weight is 300 g/mol. The smallest absolute Gasteiger partial charge is 0.493 e. The minimum absolute atomic E-state index is 0.162. The Kier molecular flexibility index (Phi) is 6.42. The highest BCUT2D eigenvalue weighted by molar-refractivity contribution is 7.39. The molecule has 1 amide bonds. The van der Waals surface area contributed by atoms with Gasteiger partial charge < -0.3 is 14.8 Å². The molecule has 7 heteroatoms. The zero-order valence-electron chi connectivity index (χ0n) is 11.8. The van der Waals surface area contributed by atoms with Crippen molar-refractivity contribution in [2.24, 2.45) is 0 Å². The number of amides is 1. The summed E-state index contributed by atoms with van der Waals surface area (Å²) in [6, 6.07) is 5.31. The van der Waals surface area contributed by atoms with Crippen LogP contribution in [0.5, 0.6) is 11.5 Å². The molecule has 0 fully saturated rings. The molecule has 0 aliphatic rings. The van der Waals surface area contributed by atoms with Gasteiger partial charge in [-0.25, -0.2) is 0 Å². The van der Waals surface area contributed by atoms with Crippen LogP contribution < -0.4 is 14.8 Å². The molecule has 0 aromatic heterocycles. The molecule has 0 saturated heterocycles. The number of nitrogens with one attached hydrogen (secondary N) is 1. The summed E-state index contributed by atoms with van der Waals surface area (Å²) in [5, 5.41) is 2.56. The van der Waals surface area contributed by atoms with Gasteiger partial charge in [-0.1, -0.05) is 6.07 Å². The van der Waals surface area contributed by atoms with Crippen molar-refractivity contribution in [2.45, 2.75) is 19.0 Å². The molecule has 0 saturated carbocycles. The van der Waals surface area contributed by atoms with Crippen molar-refractivity contribution in [1.29, 1.82) is 0 Å². The zero-order valence-corrected chi connectivity index (χ0v) is 12.6. The molecule has 2 N–H and O–H groups in total. The predicted molar refractivity (Wildman–Crippen MR) is 75.5 cm³/mol. The van der Waals surface area contributed by atoms with Gasteiger partial charge in [-0.05, 0) is 22.3 Å². The summed E-state index contributed by atoms with van der Waals surface area (Å²) in [5.41, 5.74) is 0.308. The quantitative estimate of drug-likeness (QED) is 0.745. The highest BCUT2D eigenvalue weighted by Gasteiger charge is 2.29. The molecule has 110 valence electrons. The first kappa shape index (κ1) is 16.4. The van der Waals surface area contributed by atoms with Gasteiger partial charge in [0.25, 0.3) is 0 Å². The standard InChI is InChI=1S/C13H18NO5P/c1-9(15)14-8-11(20(16)17)6-10-4-5-12(18-2)13(7-10)19-3/h4-5,7,11H,6,8H2,1-3H3,(H-,14,15,16,17)/p+1. The molecule has 2 atom stereocenters. The Labute approximate surface area is 119 Å². The summed E-state index contributed by atoms with van der Waals surface area (Å²) < 4.78 is 21.7. The van der Waals surface area contributed by atoms with E-state index in [4.69, 9.17) is 9.47 Å². The van der Waals surface area contributed by atoms with E-state index in [9.17, 15) is 14.3 Å². The lowest BCUT2D eigenvalue weighted by molar-refractivity contribution is -0.118. The summed E-state index contributed by atoms with van der Waals surface area (Å²) >= 11 is 0. The van der Waals surface area contributed by atoms with Gasteiger partial charge in [-0.2, -0.15) is 4.89 Å². The van der Waals surface area contributed by atoms with Gasteiger partial charge in [0.15, 0.2) is 11.5 Å². The number of carbonyl (C=O) groups excluding carboxylic acids is 1. The highest BCUT2D eigenvalue weighted by atomic mass is 31.1. The van der Waals surface area contributed by atoms with Gasteiger partial charge in [-0.3, -0.25) is 4.79 Å². The van der Waals surface area contributed by atoms with Crippen LogP contribution >= 0.6 is 8.03 Å². The van der Waals surface area contributed by atoms with E-state index in [1.54, 1.807) is 25.3 Å². The average Bonchev–Trinajstić information content (AvgIpc) is 2.42. The molecular weight excluding hydrogens is 281 g/mol. The third-order valence-electron chi connectivity index (χ3n) is 2.82. The molecule has 0 radical (unpaired) electrons. The fourth-order valence-corrected chi connectivity index (χ4v) is 2.38. The van der Waals surface area contributed by atoms with Gasteiger partial charge in [0.2, 0.25) is 11.6 Å². The maximum Gasteiger partial charge on any atom is 0.510 e. The molecule has 0 heterocycles. The van der Waals surface area contributed by atoms with Gasteiger partial charge in [0, 0.05) is 13.3 Å². The Morgan fingerprint density at radius 1 is 1.35 bits per heavy atom. The molecule has 0 aliphatic carbocycles. The first-order valence-corrected chi connectivity index (χ1v) is 7.36. The van der Waals surface area contributed by atoms with Crippen LogP contribution in [0, 0.1) is 0 Å². The van der Waals surface area contributed by atoms with Crippen molar-refractivity contribution in [1.82, 2.24) is 5.32 Å². The first-order chi connectivity index (χ1) is 9.47. The Hall–Kier alpha value is -1.65. The van der Waals surface area contributed by atoms with Crippen molar-refractivity contribution < 1.29 is 23.7 Å². The molecule has 0 spiro atoms. The lowest BCUT2D eigenvalue weighted by Crippen LogP contribution is -2.29. The number of carbonyl (C=O) groups is 1. The normalized spacial score (nSPS) is 12.5. The highest BCUT2D eigenvalue weighted by Crippen LogP contribution is 2.31. The Morgan fingerprint density at radius 2 is 2.00 bits per heavy atom. The number of rotatable bonds is 7. The fraction of sp³-hybridized carbons (Fsp3) is 0.462. The Bertz CT molecular complexity index is 492. The summed E-state index contributed by atoms with van der Waals surface area (Å²) in [6.45, 7) is 1.54. The Balaban J connectivity index is 2.82. The van der Waals surface area contributed by atoms with E-state index >= 15 is 0 Å². The van der Waals surface area contributed by atoms with E-state index in [0.717, 1.165) is 5.56 Å². The topological polar surface area (TPSA) is 84.9 Å². The molecule has 1 rings (SSSR count). The Morgan fingerprint density at radius 3 is 2.50 bits per heavy atom. The van der Waals surface area contributed by atoms with Crippen LogP contribution in [0.25, 0.3) is 0 Å². The molecule has 0 bridgehead atoms. The second-order valence-corrected chi connectivity index (χ2v) is 5.62. The number of benzene rings is 1. The number of ether oxygens (including phenoxy) is 2. The summed E-state index contributed by atoms with van der Waals surface area (Å²) in [5.74, 6) is 0.943. The largest absolute Gasteiger partial charge is 0.510 e. The predicted octanol–water partition coefficient (Wildman–Crippen LogP) is 1.49. The van der Waals surface area contributed by atoms with Crippen molar-refractivity contribution in [2.75, 3.05) is 20.8 Å². The van der Waals surface area contributed by atoms with Crippen molar-refractivity contribution in [3.05, 3.63) is 23.8 Å². The number of methoxy groups -OCH3 is 2. The van der Waals surface area contributed by atoms with Gasteiger partial charge >= 0.3 is 8.03 Å². The minimum atomic E-state index is -2.38. The van der Waals surface area contributed by atoms with Crippen LogP contribution in [0.2, 0.25) is 0 Å². The van der Waals surface area contributed by atoms with Crippen molar-refractivity contribution >= 4 is 13.9 Å². The maximum absolute atomic E-state index is 11.3. The van der Waals surface area contributed by atoms with E-state index in [-0.39, 0.29) is 12.5 Å². The summed E-state index contributed by atoms with van der Waals surface area (Å²) in [7, 11) is 0.694.